The maximum atomic E-state index is 12.2. The van der Waals surface area contributed by atoms with Crippen LogP contribution in [0.1, 0.15) is 149 Å². The normalized spacial score (nSPS) is 12.3. The number of rotatable bonds is 29. The van der Waals surface area contributed by atoms with Crippen LogP contribution in [0.5, 0.6) is 0 Å². The predicted octanol–water partition coefficient (Wildman–Crippen LogP) is 8.04. The van der Waals surface area contributed by atoms with Crippen molar-refractivity contribution in [2.75, 3.05) is 19.0 Å². The molecule has 0 aliphatic heterocycles. The summed E-state index contributed by atoms with van der Waals surface area (Å²) in [6.45, 7) is 2.96. The standard InChI is InChI=1S/C30H57O9PS/c1-3-4-5-6-7-10-14-17-20-23-30(33)39-28(26-38-40(34,35)36)25-37-29(32)22-19-16-13-11-8-9-12-15-18-21-24-41-27(2)31/h28H,3-26H2,1-2H3,(H2,34,35,36)/t28-/m1/s1. The highest BCUT2D eigenvalue weighted by molar-refractivity contribution is 8.13. The summed E-state index contributed by atoms with van der Waals surface area (Å²) in [5, 5.41) is 0.190. The Balaban J connectivity index is 3.97. The van der Waals surface area contributed by atoms with Gasteiger partial charge < -0.3 is 19.3 Å². The number of carbonyl (C=O) groups excluding carboxylic acids is 3. The number of hydrogen-bond donors (Lipinski definition) is 2. The second-order valence-corrected chi connectivity index (χ2v) is 13.3. The van der Waals surface area contributed by atoms with Crippen molar-refractivity contribution in [2.45, 2.75) is 155 Å². The van der Waals surface area contributed by atoms with Crippen LogP contribution in [0, 0.1) is 0 Å². The molecule has 0 radical (unpaired) electrons. The molecule has 242 valence electrons. The molecule has 0 aliphatic rings. The molecule has 0 amide bonds. The Labute approximate surface area is 252 Å². The van der Waals surface area contributed by atoms with Gasteiger partial charge in [-0.1, -0.05) is 121 Å². The van der Waals surface area contributed by atoms with E-state index < -0.39 is 32.5 Å². The van der Waals surface area contributed by atoms with E-state index in [2.05, 4.69) is 11.4 Å². The van der Waals surface area contributed by atoms with Gasteiger partial charge in [-0.25, -0.2) is 4.57 Å². The highest BCUT2D eigenvalue weighted by Gasteiger charge is 2.22. The fraction of sp³-hybridized carbons (Fsp3) is 0.900. The Morgan fingerprint density at radius 2 is 1.10 bits per heavy atom. The van der Waals surface area contributed by atoms with E-state index in [1.54, 1.807) is 6.92 Å². The fourth-order valence-electron chi connectivity index (χ4n) is 4.38. The van der Waals surface area contributed by atoms with Gasteiger partial charge in [0.25, 0.3) is 0 Å². The van der Waals surface area contributed by atoms with Crippen LogP contribution in [0.25, 0.3) is 0 Å². The number of carbonyl (C=O) groups is 3. The van der Waals surface area contributed by atoms with Gasteiger partial charge in [-0.15, -0.1) is 0 Å². The number of esters is 2. The van der Waals surface area contributed by atoms with E-state index in [0.29, 0.717) is 12.8 Å². The van der Waals surface area contributed by atoms with E-state index in [1.165, 1.54) is 76.0 Å². The minimum absolute atomic E-state index is 0.190. The van der Waals surface area contributed by atoms with Crippen LogP contribution in [-0.2, 0) is 32.9 Å². The molecule has 0 fully saturated rings. The van der Waals surface area contributed by atoms with Gasteiger partial charge in [0.1, 0.15) is 6.61 Å². The first kappa shape index (κ1) is 40.1. The van der Waals surface area contributed by atoms with Crippen LogP contribution < -0.4 is 0 Å². The smallest absolute Gasteiger partial charge is 0.462 e. The van der Waals surface area contributed by atoms with Crippen LogP contribution in [0.2, 0.25) is 0 Å². The first-order valence-electron chi connectivity index (χ1n) is 15.8. The molecule has 0 bridgehead atoms. The molecule has 1 atom stereocenters. The average molecular weight is 625 g/mol. The Kier molecular flexibility index (Phi) is 27.2. The third-order valence-corrected chi connectivity index (χ3v) is 8.11. The summed E-state index contributed by atoms with van der Waals surface area (Å²) in [6.07, 6.45) is 20.3. The van der Waals surface area contributed by atoms with Crippen molar-refractivity contribution < 1.29 is 42.7 Å². The van der Waals surface area contributed by atoms with Crippen LogP contribution in [0.3, 0.4) is 0 Å². The molecule has 0 heterocycles. The van der Waals surface area contributed by atoms with E-state index in [1.807, 2.05) is 0 Å². The van der Waals surface area contributed by atoms with E-state index in [9.17, 15) is 18.9 Å². The predicted molar refractivity (Wildman–Crippen MR) is 165 cm³/mol. The van der Waals surface area contributed by atoms with E-state index in [-0.39, 0.29) is 24.6 Å². The molecule has 0 saturated carbocycles. The van der Waals surface area contributed by atoms with Crippen LogP contribution in [-0.4, -0.2) is 51.9 Å². The molecule has 0 aromatic rings. The quantitative estimate of drug-likeness (QED) is 0.0478. The first-order chi connectivity index (χ1) is 19.6. The third kappa shape index (κ3) is 31.8. The molecule has 0 spiro atoms. The number of ether oxygens (including phenoxy) is 2. The highest BCUT2D eigenvalue weighted by atomic mass is 32.2. The number of phosphoric acid groups is 1. The zero-order valence-corrected chi connectivity index (χ0v) is 27.4. The summed E-state index contributed by atoms with van der Waals surface area (Å²) in [5.41, 5.74) is 0. The molecular weight excluding hydrogens is 567 g/mol. The summed E-state index contributed by atoms with van der Waals surface area (Å²) in [4.78, 5) is 53.2. The molecule has 0 aromatic carbocycles. The highest BCUT2D eigenvalue weighted by Crippen LogP contribution is 2.36. The average Bonchev–Trinajstić information content (AvgIpc) is 2.91. The topological polar surface area (TPSA) is 136 Å². The summed E-state index contributed by atoms with van der Waals surface area (Å²) < 4.78 is 26.1. The Morgan fingerprint density at radius 3 is 1.56 bits per heavy atom. The van der Waals surface area contributed by atoms with Gasteiger partial charge in [-0.05, 0) is 19.3 Å². The van der Waals surface area contributed by atoms with Crippen molar-refractivity contribution in [3.8, 4) is 0 Å². The molecule has 0 unspecified atom stereocenters. The summed E-state index contributed by atoms with van der Waals surface area (Å²) in [6, 6.07) is 0. The largest absolute Gasteiger partial charge is 0.469 e. The van der Waals surface area contributed by atoms with Crippen molar-refractivity contribution >= 4 is 36.6 Å². The van der Waals surface area contributed by atoms with Crippen molar-refractivity contribution in [1.82, 2.24) is 0 Å². The summed E-state index contributed by atoms with van der Waals surface area (Å²) >= 11 is 1.40. The number of phosphoric ester groups is 1. The molecular formula is C30H57O9PS. The zero-order valence-electron chi connectivity index (χ0n) is 25.7. The van der Waals surface area contributed by atoms with Crippen molar-refractivity contribution in [1.29, 1.82) is 0 Å². The lowest BCUT2D eigenvalue weighted by Crippen LogP contribution is -2.29. The van der Waals surface area contributed by atoms with Gasteiger partial charge in [0.05, 0.1) is 6.61 Å². The Bertz CT molecular complexity index is 714. The number of unbranched alkanes of at least 4 members (excludes halogenated alkanes) is 17. The Morgan fingerprint density at radius 1 is 0.659 bits per heavy atom. The zero-order chi connectivity index (χ0) is 30.6. The lowest BCUT2D eigenvalue weighted by molar-refractivity contribution is -0.161. The maximum Gasteiger partial charge on any atom is 0.469 e. The van der Waals surface area contributed by atoms with Crippen LogP contribution in [0.15, 0.2) is 0 Å². The van der Waals surface area contributed by atoms with E-state index in [4.69, 9.17) is 19.3 Å². The fourth-order valence-corrected chi connectivity index (χ4v) is 5.38. The summed E-state index contributed by atoms with van der Waals surface area (Å²) in [7, 11) is -4.74. The second-order valence-electron chi connectivity index (χ2n) is 10.8. The molecule has 0 rings (SSSR count). The third-order valence-electron chi connectivity index (χ3n) is 6.72. The van der Waals surface area contributed by atoms with E-state index in [0.717, 1.165) is 50.7 Å². The minimum Gasteiger partial charge on any atom is -0.462 e. The molecule has 9 nitrogen and oxygen atoms in total. The van der Waals surface area contributed by atoms with E-state index >= 15 is 0 Å². The lowest BCUT2D eigenvalue weighted by atomic mass is 10.1. The molecule has 0 aliphatic carbocycles. The van der Waals surface area contributed by atoms with Gasteiger partial charge in [0, 0.05) is 25.5 Å². The molecule has 2 N–H and O–H groups in total. The van der Waals surface area contributed by atoms with Gasteiger partial charge in [-0.2, -0.15) is 0 Å². The molecule has 0 saturated heterocycles. The van der Waals surface area contributed by atoms with Gasteiger partial charge in [-0.3, -0.25) is 18.9 Å². The minimum atomic E-state index is -4.74. The second kappa shape index (κ2) is 27.9. The maximum absolute atomic E-state index is 12.2. The molecule has 0 aromatic heterocycles. The molecule has 41 heavy (non-hydrogen) atoms. The molecule has 11 heteroatoms. The van der Waals surface area contributed by atoms with Gasteiger partial charge >= 0.3 is 19.8 Å². The van der Waals surface area contributed by atoms with Crippen LogP contribution in [0.4, 0.5) is 0 Å². The Hall–Kier alpha value is -0.930. The lowest BCUT2D eigenvalue weighted by Gasteiger charge is -2.18. The monoisotopic (exact) mass is 624 g/mol. The SMILES string of the molecule is CCCCCCCCCCCC(=O)O[C@H](COC(=O)CCCCCCCCCCCCSC(C)=O)COP(=O)(O)O. The van der Waals surface area contributed by atoms with Crippen molar-refractivity contribution in [3.05, 3.63) is 0 Å². The van der Waals surface area contributed by atoms with Crippen molar-refractivity contribution in [2.24, 2.45) is 0 Å². The van der Waals surface area contributed by atoms with Gasteiger partial charge in [0.15, 0.2) is 11.2 Å². The van der Waals surface area contributed by atoms with Crippen molar-refractivity contribution in [3.63, 3.8) is 0 Å². The number of thioether (sulfide) groups is 1. The van der Waals surface area contributed by atoms with Crippen LogP contribution >= 0.6 is 19.6 Å². The first-order valence-corrected chi connectivity index (χ1v) is 18.3. The van der Waals surface area contributed by atoms with Gasteiger partial charge in [0.2, 0.25) is 0 Å². The number of hydrogen-bond acceptors (Lipinski definition) is 8. The summed E-state index contributed by atoms with van der Waals surface area (Å²) in [5.74, 6) is 0.00355.